The fourth-order valence-corrected chi connectivity index (χ4v) is 1.81. The van der Waals surface area contributed by atoms with Crippen molar-refractivity contribution in [3.05, 3.63) is 34.3 Å². The molecule has 0 spiro atoms. The molecular weight excluding hydrogens is 270 g/mol. The van der Waals surface area contributed by atoms with E-state index in [1.807, 2.05) is 12.1 Å². The lowest BCUT2D eigenvalue weighted by atomic mass is 10.2. The van der Waals surface area contributed by atoms with E-state index in [9.17, 15) is 9.90 Å². The molecule has 1 aliphatic rings. The van der Waals surface area contributed by atoms with Crippen LogP contribution in [0.5, 0.6) is 0 Å². The van der Waals surface area contributed by atoms with Gasteiger partial charge in [-0.2, -0.15) is 0 Å². The Balaban J connectivity index is 1.85. The van der Waals surface area contributed by atoms with E-state index >= 15 is 0 Å². The van der Waals surface area contributed by atoms with Crippen LogP contribution in [-0.2, 0) is 0 Å². The summed E-state index contributed by atoms with van der Waals surface area (Å²) in [6.45, 7) is 0.347. The van der Waals surface area contributed by atoms with Crippen LogP contribution in [0, 0.1) is 5.92 Å². The van der Waals surface area contributed by atoms with E-state index in [1.54, 1.807) is 12.1 Å². The van der Waals surface area contributed by atoms with Crippen LogP contribution in [0.3, 0.4) is 0 Å². The Kier molecular flexibility index (Phi) is 3.61. The van der Waals surface area contributed by atoms with Gasteiger partial charge in [0, 0.05) is 16.6 Å². The Morgan fingerprint density at radius 2 is 2.06 bits per heavy atom. The lowest BCUT2D eigenvalue weighted by Gasteiger charge is -2.10. The summed E-state index contributed by atoms with van der Waals surface area (Å²) in [5.41, 5.74) is 0.617. The molecule has 1 saturated carbocycles. The number of rotatable bonds is 4. The molecule has 0 saturated heterocycles. The molecule has 1 aliphatic carbocycles. The maximum atomic E-state index is 11.7. The highest BCUT2D eigenvalue weighted by atomic mass is 79.9. The minimum absolute atomic E-state index is 0.132. The molecule has 1 fully saturated rings. The summed E-state index contributed by atoms with van der Waals surface area (Å²) in [4.78, 5) is 11.7. The van der Waals surface area contributed by atoms with Gasteiger partial charge in [0.15, 0.2) is 0 Å². The number of carbonyl (C=O) groups is 1. The Morgan fingerprint density at radius 1 is 1.44 bits per heavy atom. The van der Waals surface area contributed by atoms with E-state index in [1.165, 1.54) is 0 Å². The second kappa shape index (κ2) is 4.97. The van der Waals surface area contributed by atoms with Crippen LogP contribution in [0.15, 0.2) is 28.7 Å². The molecule has 0 heterocycles. The highest BCUT2D eigenvalue weighted by Crippen LogP contribution is 2.32. The summed E-state index contributed by atoms with van der Waals surface area (Å²) in [7, 11) is 0. The van der Waals surface area contributed by atoms with E-state index in [4.69, 9.17) is 0 Å². The van der Waals surface area contributed by atoms with Crippen LogP contribution in [0.25, 0.3) is 0 Å². The molecule has 2 rings (SSSR count). The first kappa shape index (κ1) is 11.6. The van der Waals surface area contributed by atoms with Crippen molar-refractivity contribution in [2.24, 2.45) is 5.92 Å². The van der Waals surface area contributed by atoms with Crippen molar-refractivity contribution in [2.75, 3.05) is 6.54 Å². The quantitative estimate of drug-likeness (QED) is 0.888. The van der Waals surface area contributed by atoms with Crippen LogP contribution < -0.4 is 5.32 Å². The molecule has 1 amide bonds. The molecule has 1 aromatic rings. The van der Waals surface area contributed by atoms with Gasteiger partial charge in [0.05, 0.1) is 6.10 Å². The fourth-order valence-electron chi connectivity index (χ4n) is 1.55. The second-order valence-corrected chi connectivity index (χ2v) is 5.04. The Morgan fingerprint density at radius 3 is 2.62 bits per heavy atom. The predicted molar refractivity (Wildman–Crippen MR) is 65.2 cm³/mol. The van der Waals surface area contributed by atoms with Gasteiger partial charge in [-0.25, -0.2) is 0 Å². The van der Waals surface area contributed by atoms with Crippen LogP contribution >= 0.6 is 15.9 Å². The molecule has 2 N–H and O–H groups in total. The molecule has 86 valence electrons. The first-order valence-corrected chi connectivity index (χ1v) is 6.18. The number of carbonyl (C=O) groups excluding carboxylic acids is 1. The van der Waals surface area contributed by atoms with Crippen molar-refractivity contribution in [3.8, 4) is 0 Å². The van der Waals surface area contributed by atoms with E-state index in [2.05, 4.69) is 21.2 Å². The van der Waals surface area contributed by atoms with E-state index in [0.717, 1.165) is 17.3 Å². The van der Waals surface area contributed by atoms with E-state index in [-0.39, 0.29) is 12.0 Å². The van der Waals surface area contributed by atoms with Gasteiger partial charge in [0.1, 0.15) is 0 Å². The number of aliphatic hydroxyl groups excluding tert-OH is 1. The minimum Gasteiger partial charge on any atom is -0.391 e. The highest BCUT2D eigenvalue weighted by molar-refractivity contribution is 9.10. The first-order valence-electron chi connectivity index (χ1n) is 5.38. The van der Waals surface area contributed by atoms with Gasteiger partial charge in [0.2, 0.25) is 0 Å². The van der Waals surface area contributed by atoms with Gasteiger partial charge in [-0.05, 0) is 43.0 Å². The summed E-state index contributed by atoms with van der Waals surface area (Å²) in [5, 5.41) is 12.3. The molecule has 0 aliphatic heterocycles. The zero-order valence-corrected chi connectivity index (χ0v) is 10.4. The average molecular weight is 284 g/mol. The number of hydrogen-bond donors (Lipinski definition) is 2. The standard InChI is InChI=1S/C12H14BrNO2/c13-10-5-3-9(4-6-10)12(16)14-7-11(15)8-1-2-8/h3-6,8,11,15H,1-2,7H2,(H,14,16). The second-order valence-electron chi connectivity index (χ2n) is 4.12. The monoisotopic (exact) mass is 283 g/mol. The number of halogens is 1. The van der Waals surface area contributed by atoms with Crippen LogP contribution in [-0.4, -0.2) is 23.7 Å². The highest BCUT2D eigenvalue weighted by Gasteiger charge is 2.29. The van der Waals surface area contributed by atoms with Gasteiger partial charge >= 0.3 is 0 Å². The summed E-state index contributed by atoms with van der Waals surface area (Å²) in [6.07, 6.45) is 1.77. The Bertz CT molecular complexity index is 373. The maximum absolute atomic E-state index is 11.7. The normalized spacial score (nSPS) is 16.9. The molecule has 4 heteroatoms. The number of nitrogens with one attached hydrogen (secondary N) is 1. The smallest absolute Gasteiger partial charge is 0.251 e. The minimum atomic E-state index is -0.389. The maximum Gasteiger partial charge on any atom is 0.251 e. The molecule has 1 unspecified atom stereocenters. The van der Waals surface area contributed by atoms with Crippen molar-refractivity contribution in [2.45, 2.75) is 18.9 Å². The van der Waals surface area contributed by atoms with Gasteiger partial charge in [0.25, 0.3) is 5.91 Å². The average Bonchev–Trinajstić information content (AvgIpc) is 3.10. The summed E-state index contributed by atoms with van der Waals surface area (Å²) >= 11 is 3.31. The zero-order valence-electron chi connectivity index (χ0n) is 8.82. The lowest BCUT2D eigenvalue weighted by Crippen LogP contribution is -2.33. The number of benzene rings is 1. The molecule has 1 atom stereocenters. The SMILES string of the molecule is O=C(NCC(O)C1CC1)c1ccc(Br)cc1. The predicted octanol–water partition coefficient (Wildman–Crippen LogP) is 1.95. The molecule has 1 aromatic carbocycles. The van der Waals surface area contributed by atoms with Crippen molar-refractivity contribution >= 4 is 21.8 Å². The third-order valence-electron chi connectivity index (χ3n) is 2.74. The van der Waals surface area contributed by atoms with E-state index < -0.39 is 0 Å². The fraction of sp³-hybridized carbons (Fsp3) is 0.417. The number of amides is 1. The van der Waals surface area contributed by atoms with Gasteiger partial charge in [-0.3, -0.25) is 4.79 Å². The van der Waals surface area contributed by atoms with Crippen LogP contribution in [0.2, 0.25) is 0 Å². The Labute approximate surface area is 103 Å². The molecule has 0 radical (unpaired) electrons. The molecule has 0 bridgehead atoms. The van der Waals surface area contributed by atoms with Gasteiger partial charge in [-0.1, -0.05) is 15.9 Å². The summed E-state index contributed by atoms with van der Waals surface area (Å²) in [5.74, 6) is 0.261. The van der Waals surface area contributed by atoms with Crippen LogP contribution in [0.1, 0.15) is 23.2 Å². The molecule has 16 heavy (non-hydrogen) atoms. The van der Waals surface area contributed by atoms with Crippen molar-refractivity contribution in [3.63, 3.8) is 0 Å². The topological polar surface area (TPSA) is 49.3 Å². The Hall–Kier alpha value is -0.870. The largest absolute Gasteiger partial charge is 0.391 e. The van der Waals surface area contributed by atoms with Crippen molar-refractivity contribution < 1.29 is 9.90 Å². The van der Waals surface area contributed by atoms with Crippen molar-refractivity contribution in [1.29, 1.82) is 0 Å². The summed E-state index contributed by atoms with van der Waals surface area (Å²) in [6, 6.07) is 7.16. The third kappa shape index (κ3) is 3.06. The van der Waals surface area contributed by atoms with Crippen molar-refractivity contribution in [1.82, 2.24) is 5.32 Å². The lowest BCUT2D eigenvalue weighted by molar-refractivity contribution is 0.0901. The van der Waals surface area contributed by atoms with Gasteiger partial charge in [-0.15, -0.1) is 0 Å². The third-order valence-corrected chi connectivity index (χ3v) is 3.27. The van der Waals surface area contributed by atoms with Gasteiger partial charge < -0.3 is 10.4 Å². The molecule has 3 nitrogen and oxygen atoms in total. The number of hydrogen-bond acceptors (Lipinski definition) is 2. The number of aliphatic hydroxyl groups is 1. The molecule has 0 aromatic heterocycles. The first-order chi connectivity index (χ1) is 7.66. The van der Waals surface area contributed by atoms with E-state index in [0.29, 0.717) is 18.0 Å². The zero-order chi connectivity index (χ0) is 11.5. The molecular formula is C12H14BrNO2. The summed E-state index contributed by atoms with van der Waals surface area (Å²) < 4.78 is 0.946. The van der Waals surface area contributed by atoms with Crippen LogP contribution in [0.4, 0.5) is 0 Å².